The number of sulfonamides is 1. The third kappa shape index (κ3) is 5.67. The molecule has 1 atom stereocenters. The molecule has 0 saturated carbocycles. The number of hydrogen-bond donors (Lipinski definition) is 1. The van der Waals surface area contributed by atoms with Crippen molar-refractivity contribution in [2.45, 2.75) is 31.8 Å². The van der Waals surface area contributed by atoms with Gasteiger partial charge in [0.05, 0.1) is 12.2 Å². The van der Waals surface area contributed by atoms with Crippen molar-refractivity contribution in [1.29, 1.82) is 0 Å². The van der Waals surface area contributed by atoms with Crippen molar-refractivity contribution in [2.75, 3.05) is 44.8 Å². The minimum Gasteiger partial charge on any atom is -0.490 e. The van der Waals surface area contributed by atoms with E-state index >= 15 is 0 Å². The average molecular weight is 396 g/mol. The van der Waals surface area contributed by atoms with E-state index in [0.29, 0.717) is 25.1 Å². The molecule has 0 radical (unpaired) electrons. The third-order valence-corrected chi connectivity index (χ3v) is 6.58. The van der Waals surface area contributed by atoms with Crippen molar-refractivity contribution >= 4 is 21.6 Å². The molecule has 7 nitrogen and oxygen atoms in total. The van der Waals surface area contributed by atoms with Crippen LogP contribution in [0.2, 0.25) is 0 Å². The Morgan fingerprint density at radius 3 is 2.41 bits per heavy atom. The maximum Gasteiger partial charge on any atom is 0.228 e. The van der Waals surface area contributed by atoms with Gasteiger partial charge in [-0.1, -0.05) is 0 Å². The maximum absolute atomic E-state index is 12.5. The van der Waals surface area contributed by atoms with Gasteiger partial charge in [0.1, 0.15) is 11.9 Å². The first kappa shape index (κ1) is 20.1. The molecule has 1 amide bonds. The van der Waals surface area contributed by atoms with Crippen LogP contribution < -0.4 is 10.1 Å². The number of carbonyl (C=O) groups excluding carboxylic acids is 1. The Kier molecular flexibility index (Phi) is 6.39. The Morgan fingerprint density at radius 2 is 1.78 bits per heavy atom. The Hall–Kier alpha value is -1.64. The second kappa shape index (κ2) is 8.58. The van der Waals surface area contributed by atoms with Crippen LogP contribution in [-0.2, 0) is 14.8 Å². The van der Waals surface area contributed by atoms with E-state index in [1.807, 2.05) is 24.3 Å². The summed E-state index contributed by atoms with van der Waals surface area (Å²) in [5, 5.41) is 2.90. The zero-order chi connectivity index (χ0) is 19.4. The minimum atomic E-state index is -3.25. The minimum absolute atomic E-state index is 0.132. The predicted octanol–water partition coefficient (Wildman–Crippen LogP) is 1.77. The van der Waals surface area contributed by atoms with E-state index in [9.17, 15) is 13.2 Å². The van der Waals surface area contributed by atoms with E-state index in [1.54, 1.807) is 0 Å². The van der Waals surface area contributed by atoms with Gasteiger partial charge in [-0.15, -0.1) is 0 Å². The predicted molar refractivity (Wildman–Crippen MR) is 105 cm³/mol. The lowest BCUT2D eigenvalue weighted by atomic mass is 9.98. The summed E-state index contributed by atoms with van der Waals surface area (Å²) in [5.41, 5.74) is 0.701. The van der Waals surface area contributed by atoms with Crippen molar-refractivity contribution in [2.24, 2.45) is 5.92 Å². The first-order valence-electron chi connectivity index (χ1n) is 9.52. The number of nitrogens with zero attached hydrogens (tertiary/aromatic N) is 2. The number of ether oxygens (including phenoxy) is 1. The number of piperidine rings is 2. The normalized spacial score (nSPS) is 23.1. The lowest BCUT2D eigenvalue weighted by molar-refractivity contribution is -0.120. The summed E-state index contributed by atoms with van der Waals surface area (Å²) in [5.74, 6) is 0.361. The molecule has 2 heterocycles. The topological polar surface area (TPSA) is 79.0 Å². The largest absolute Gasteiger partial charge is 0.490 e. The number of anilines is 1. The summed E-state index contributed by atoms with van der Waals surface area (Å²) in [6, 6.07) is 7.41. The molecular weight excluding hydrogens is 366 g/mol. The van der Waals surface area contributed by atoms with Gasteiger partial charge in [-0.25, -0.2) is 12.7 Å². The van der Waals surface area contributed by atoms with Gasteiger partial charge in [0.2, 0.25) is 15.9 Å². The van der Waals surface area contributed by atoms with Crippen molar-refractivity contribution in [3.05, 3.63) is 24.3 Å². The fraction of sp³-hybridized carbons (Fsp3) is 0.632. The molecule has 2 fully saturated rings. The van der Waals surface area contributed by atoms with E-state index < -0.39 is 10.0 Å². The first-order valence-corrected chi connectivity index (χ1v) is 11.4. The molecule has 1 aromatic rings. The fourth-order valence-corrected chi connectivity index (χ4v) is 4.53. The molecule has 0 unspecified atom stereocenters. The Labute approximate surface area is 161 Å². The van der Waals surface area contributed by atoms with Crippen molar-refractivity contribution < 1.29 is 17.9 Å². The number of hydrogen-bond acceptors (Lipinski definition) is 5. The van der Waals surface area contributed by atoms with Gasteiger partial charge < -0.3 is 15.0 Å². The molecule has 2 aliphatic heterocycles. The quantitative estimate of drug-likeness (QED) is 0.822. The number of nitrogens with one attached hydrogen (secondary N) is 1. The van der Waals surface area contributed by atoms with Gasteiger partial charge in [0.15, 0.2) is 0 Å². The smallest absolute Gasteiger partial charge is 0.228 e. The number of rotatable bonds is 5. The highest BCUT2D eigenvalue weighted by atomic mass is 32.2. The van der Waals surface area contributed by atoms with Gasteiger partial charge in [-0.3, -0.25) is 4.79 Å². The van der Waals surface area contributed by atoms with E-state index in [-0.39, 0.29) is 24.5 Å². The summed E-state index contributed by atoms with van der Waals surface area (Å²) in [6.45, 7) is 2.84. The molecule has 3 rings (SSSR count). The van der Waals surface area contributed by atoms with Crippen LogP contribution in [-0.4, -0.2) is 69.1 Å². The Bertz CT molecular complexity index is 743. The van der Waals surface area contributed by atoms with Crippen LogP contribution in [0.1, 0.15) is 25.7 Å². The molecule has 2 aliphatic rings. The van der Waals surface area contributed by atoms with Crippen LogP contribution in [0.3, 0.4) is 0 Å². The van der Waals surface area contributed by atoms with E-state index in [1.165, 1.54) is 10.6 Å². The van der Waals surface area contributed by atoms with Crippen LogP contribution in [0.15, 0.2) is 24.3 Å². The molecule has 1 N–H and O–H groups in total. The molecule has 0 bridgehead atoms. The Balaban J connectivity index is 1.52. The highest BCUT2D eigenvalue weighted by Gasteiger charge is 2.30. The van der Waals surface area contributed by atoms with Crippen LogP contribution in [0.5, 0.6) is 5.75 Å². The molecule has 150 valence electrons. The van der Waals surface area contributed by atoms with Gasteiger partial charge in [-0.05, 0) is 57.0 Å². The molecule has 8 heteroatoms. The first-order chi connectivity index (χ1) is 12.8. The van der Waals surface area contributed by atoms with E-state index in [0.717, 1.165) is 31.7 Å². The zero-order valence-electron chi connectivity index (χ0n) is 16.1. The molecule has 27 heavy (non-hydrogen) atoms. The van der Waals surface area contributed by atoms with Crippen molar-refractivity contribution in [1.82, 2.24) is 9.21 Å². The molecule has 0 aromatic heterocycles. The van der Waals surface area contributed by atoms with Gasteiger partial charge in [0.25, 0.3) is 0 Å². The van der Waals surface area contributed by atoms with E-state index in [4.69, 9.17) is 4.74 Å². The maximum atomic E-state index is 12.5. The lowest BCUT2D eigenvalue weighted by Crippen LogP contribution is -2.43. The summed E-state index contributed by atoms with van der Waals surface area (Å²) in [6.07, 6.45) is 4.88. The highest BCUT2D eigenvalue weighted by Crippen LogP contribution is 2.23. The van der Waals surface area contributed by atoms with Crippen LogP contribution in [0, 0.1) is 5.92 Å². The fourth-order valence-electron chi connectivity index (χ4n) is 3.61. The van der Waals surface area contributed by atoms with Crippen LogP contribution in [0.4, 0.5) is 5.69 Å². The summed E-state index contributed by atoms with van der Waals surface area (Å²) in [4.78, 5) is 14.8. The van der Waals surface area contributed by atoms with Gasteiger partial charge >= 0.3 is 0 Å². The Morgan fingerprint density at radius 1 is 1.11 bits per heavy atom. The van der Waals surface area contributed by atoms with Crippen LogP contribution in [0.25, 0.3) is 0 Å². The summed E-state index contributed by atoms with van der Waals surface area (Å²) in [7, 11) is -1.13. The molecule has 0 spiro atoms. The molecule has 2 saturated heterocycles. The monoisotopic (exact) mass is 395 g/mol. The molecule has 1 aromatic carbocycles. The highest BCUT2D eigenvalue weighted by molar-refractivity contribution is 7.88. The zero-order valence-corrected chi connectivity index (χ0v) is 16.9. The second-order valence-corrected chi connectivity index (χ2v) is 9.58. The summed E-state index contributed by atoms with van der Waals surface area (Å²) >= 11 is 0. The molecule has 0 aliphatic carbocycles. The van der Waals surface area contributed by atoms with Gasteiger partial charge in [0, 0.05) is 31.9 Å². The number of benzene rings is 1. The number of amides is 1. The number of carbonyl (C=O) groups is 1. The van der Waals surface area contributed by atoms with Crippen molar-refractivity contribution in [3.8, 4) is 5.75 Å². The van der Waals surface area contributed by atoms with E-state index in [2.05, 4.69) is 17.3 Å². The van der Waals surface area contributed by atoms with Crippen molar-refractivity contribution in [3.63, 3.8) is 0 Å². The second-order valence-electron chi connectivity index (χ2n) is 7.59. The standard InChI is InChI=1S/C19H29N3O4S/c1-21-12-9-18(10-13-21)26-17-7-5-16(6-8-17)20-19(23)15-4-3-11-22(14-15)27(2,24)25/h5-8,15,18H,3-4,9-14H2,1-2H3,(H,20,23)/t15-/m1/s1. The SMILES string of the molecule is CN1CCC(Oc2ccc(NC(=O)[C@@H]3CCCN(S(C)(=O)=O)C3)cc2)CC1. The van der Waals surface area contributed by atoms with Gasteiger partial charge in [-0.2, -0.15) is 0 Å². The average Bonchev–Trinajstić information content (AvgIpc) is 2.64. The number of likely N-dealkylation sites (tertiary alicyclic amines) is 1. The molecular formula is C19H29N3O4S. The third-order valence-electron chi connectivity index (χ3n) is 5.31. The lowest BCUT2D eigenvalue weighted by Gasteiger charge is -2.30. The summed E-state index contributed by atoms with van der Waals surface area (Å²) < 4.78 is 30.8. The van der Waals surface area contributed by atoms with Crippen LogP contribution >= 0.6 is 0 Å².